The Morgan fingerprint density at radius 2 is 1.60 bits per heavy atom. The molecule has 1 unspecified atom stereocenters. The average Bonchev–Trinajstić information content (AvgIpc) is 2.76. The van der Waals surface area contributed by atoms with Gasteiger partial charge in [-0.3, -0.25) is 4.79 Å². The van der Waals surface area contributed by atoms with E-state index in [0.29, 0.717) is 18.4 Å². The first-order chi connectivity index (χ1) is 14.4. The lowest BCUT2D eigenvalue weighted by Gasteiger charge is -2.23. The van der Waals surface area contributed by atoms with Gasteiger partial charge in [0.25, 0.3) is 0 Å². The highest BCUT2D eigenvalue weighted by Gasteiger charge is 2.26. The van der Waals surface area contributed by atoms with Crippen LogP contribution in [0.3, 0.4) is 0 Å². The van der Waals surface area contributed by atoms with E-state index in [-0.39, 0.29) is 29.8 Å². The highest BCUT2D eigenvalue weighted by molar-refractivity contribution is 7.89. The van der Waals surface area contributed by atoms with Crippen molar-refractivity contribution < 1.29 is 13.2 Å². The van der Waals surface area contributed by atoms with Gasteiger partial charge < -0.3 is 5.32 Å². The van der Waals surface area contributed by atoms with Crippen molar-refractivity contribution in [1.29, 1.82) is 0 Å². The van der Waals surface area contributed by atoms with Gasteiger partial charge in [0.1, 0.15) is 0 Å². The molecule has 3 aromatic carbocycles. The Labute approximate surface area is 178 Å². The number of hydrogen-bond donors (Lipinski definition) is 1. The summed E-state index contributed by atoms with van der Waals surface area (Å²) in [7, 11) is -3.71. The van der Waals surface area contributed by atoms with Gasteiger partial charge in [-0.25, -0.2) is 8.42 Å². The van der Waals surface area contributed by atoms with E-state index in [1.165, 1.54) is 4.31 Å². The molecule has 1 N–H and O–H groups in total. The maximum Gasteiger partial charge on any atom is 0.243 e. The van der Waals surface area contributed by atoms with Gasteiger partial charge in [0, 0.05) is 24.9 Å². The Morgan fingerprint density at radius 3 is 2.33 bits per heavy atom. The van der Waals surface area contributed by atoms with Gasteiger partial charge >= 0.3 is 0 Å². The van der Waals surface area contributed by atoms with Crippen molar-refractivity contribution >= 4 is 26.7 Å². The van der Waals surface area contributed by atoms with Crippen LogP contribution in [-0.4, -0.2) is 31.7 Å². The number of carbonyl (C=O) groups is 1. The van der Waals surface area contributed by atoms with Crippen LogP contribution in [0.2, 0.25) is 0 Å². The van der Waals surface area contributed by atoms with Crippen LogP contribution in [0.25, 0.3) is 10.8 Å². The molecule has 30 heavy (non-hydrogen) atoms. The van der Waals surface area contributed by atoms with Crippen LogP contribution >= 0.6 is 0 Å². The molecule has 0 aliphatic heterocycles. The van der Waals surface area contributed by atoms with Crippen molar-refractivity contribution in [3.8, 4) is 0 Å². The van der Waals surface area contributed by atoms with E-state index in [0.717, 1.165) is 10.9 Å². The van der Waals surface area contributed by atoms with Gasteiger partial charge in [-0.15, -0.1) is 0 Å². The van der Waals surface area contributed by atoms with E-state index in [4.69, 9.17) is 0 Å². The Morgan fingerprint density at radius 1 is 0.933 bits per heavy atom. The topological polar surface area (TPSA) is 66.5 Å². The molecule has 1 atom stereocenters. The summed E-state index contributed by atoms with van der Waals surface area (Å²) in [6.45, 7) is 4.37. The first kappa shape index (κ1) is 22.0. The number of benzene rings is 3. The largest absolute Gasteiger partial charge is 0.350 e. The zero-order valence-electron chi connectivity index (χ0n) is 17.4. The first-order valence-corrected chi connectivity index (χ1v) is 11.7. The summed E-state index contributed by atoms with van der Waals surface area (Å²) >= 11 is 0. The van der Waals surface area contributed by atoms with Crippen molar-refractivity contribution in [3.05, 3.63) is 78.4 Å². The summed E-state index contributed by atoms with van der Waals surface area (Å²) in [5.74, 6) is -0.166. The van der Waals surface area contributed by atoms with Gasteiger partial charge in [0.05, 0.1) is 10.9 Å². The molecule has 1 amide bonds. The van der Waals surface area contributed by atoms with Gasteiger partial charge in [-0.05, 0) is 30.4 Å². The third kappa shape index (κ3) is 5.07. The minimum Gasteiger partial charge on any atom is -0.350 e. The van der Waals surface area contributed by atoms with E-state index in [1.807, 2.05) is 74.5 Å². The van der Waals surface area contributed by atoms with Gasteiger partial charge in [-0.2, -0.15) is 4.31 Å². The molecule has 5 nitrogen and oxygen atoms in total. The summed E-state index contributed by atoms with van der Waals surface area (Å²) in [5, 5.41) is 4.53. The zero-order chi connectivity index (χ0) is 21.6. The number of nitrogens with zero attached hydrogens (tertiary/aromatic N) is 1. The van der Waals surface area contributed by atoms with Crippen LogP contribution in [0.1, 0.15) is 38.3 Å². The Kier molecular flexibility index (Phi) is 7.24. The van der Waals surface area contributed by atoms with E-state index in [1.54, 1.807) is 12.1 Å². The van der Waals surface area contributed by atoms with Crippen molar-refractivity contribution in [3.63, 3.8) is 0 Å². The molecular formula is C24H28N2O3S. The molecule has 158 valence electrons. The lowest BCUT2D eigenvalue weighted by atomic mass is 10.1. The van der Waals surface area contributed by atoms with Crippen LogP contribution in [-0.2, 0) is 14.8 Å². The molecule has 0 saturated heterocycles. The Hall–Kier alpha value is -2.70. The van der Waals surface area contributed by atoms with Gasteiger partial charge in [0.2, 0.25) is 15.9 Å². The SMILES string of the molecule is CCCN(CCC(=O)NC(C)c1ccccc1)S(=O)(=O)c1cccc2ccccc12. The van der Waals surface area contributed by atoms with Crippen molar-refractivity contribution in [2.45, 2.75) is 37.6 Å². The number of hydrogen-bond acceptors (Lipinski definition) is 3. The number of fused-ring (bicyclic) bond motifs is 1. The third-order valence-electron chi connectivity index (χ3n) is 5.11. The summed E-state index contributed by atoms with van der Waals surface area (Å²) in [5.41, 5.74) is 1.01. The fraction of sp³-hybridized carbons (Fsp3) is 0.292. The van der Waals surface area contributed by atoms with Crippen molar-refractivity contribution in [2.24, 2.45) is 0 Å². The first-order valence-electron chi connectivity index (χ1n) is 10.3. The smallest absolute Gasteiger partial charge is 0.243 e. The summed E-state index contributed by atoms with van der Waals surface area (Å²) in [4.78, 5) is 12.8. The predicted octanol–water partition coefficient (Wildman–Crippen LogP) is 4.51. The molecule has 0 spiro atoms. The molecule has 0 heterocycles. The lowest BCUT2D eigenvalue weighted by Crippen LogP contribution is -2.36. The van der Waals surface area contributed by atoms with Crippen LogP contribution in [0.4, 0.5) is 0 Å². The molecule has 6 heteroatoms. The highest BCUT2D eigenvalue weighted by Crippen LogP contribution is 2.26. The molecule has 0 bridgehead atoms. The van der Waals surface area contributed by atoms with E-state index in [2.05, 4.69) is 5.32 Å². The van der Waals surface area contributed by atoms with Crippen LogP contribution in [0.15, 0.2) is 77.7 Å². The third-order valence-corrected chi connectivity index (χ3v) is 7.06. The van der Waals surface area contributed by atoms with Gasteiger partial charge in [0.15, 0.2) is 0 Å². The fourth-order valence-corrected chi connectivity index (χ4v) is 5.27. The minimum absolute atomic E-state index is 0.112. The molecule has 3 rings (SSSR count). The molecule has 0 radical (unpaired) electrons. The quantitative estimate of drug-likeness (QED) is 0.550. The number of carbonyl (C=O) groups excluding carboxylic acids is 1. The van der Waals surface area contributed by atoms with Crippen molar-refractivity contribution in [2.75, 3.05) is 13.1 Å². The molecule has 0 aromatic heterocycles. The Bertz CT molecular complexity index is 1090. The van der Waals surface area contributed by atoms with Crippen molar-refractivity contribution in [1.82, 2.24) is 9.62 Å². The number of rotatable bonds is 9. The van der Waals surface area contributed by atoms with Gasteiger partial charge in [-0.1, -0.05) is 73.7 Å². The Balaban J connectivity index is 1.74. The average molecular weight is 425 g/mol. The maximum atomic E-state index is 13.4. The lowest BCUT2D eigenvalue weighted by molar-refractivity contribution is -0.121. The molecule has 0 aliphatic rings. The molecule has 0 fully saturated rings. The molecule has 0 aliphatic carbocycles. The maximum absolute atomic E-state index is 13.4. The number of amides is 1. The van der Waals surface area contributed by atoms with E-state index < -0.39 is 10.0 Å². The van der Waals surface area contributed by atoms with E-state index in [9.17, 15) is 13.2 Å². The summed E-state index contributed by atoms with van der Waals surface area (Å²) < 4.78 is 28.2. The minimum atomic E-state index is -3.71. The predicted molar refractivity (Wildman–Crippen MR) is 121 cm³/mol. The van der Waals surface area contributed by atoms with E-state index >= 15 is 0 Å². The molecule has 3 aromatic rings. The second-order valence-corrected chi connectivity index (χ2v) is 9.24. The molecular weight excluding hydrogens is 396 g/mol. The standard InChI is InChI=1S/C24H28N2O3S/c1-3-17-26(18-16-24(27)25-19(2)20-10-5-4-6-11-20)30(28,29)23-15-9-13-21-12-7-8-14-22(21)23/h4-15,19H,3,16-18H2,1-2H3,(H,25,27). The zero-order valence-corrected chi connectivity index (χ0v) is 18.2. The summed E-state index contributed by atoms with van der Waals surface area (Å²) in [6, 6.07) is 22.3. The van der Waals surface area contributed by atoms with Crippen LogP contribution in [0.5, 0.6) is 0 Å². The normalized spacial score (nSPS) is 12.8. The number of nitrogens with one attached hydrogen (secondary N) is 1. The molecule has 0 saturated carbocycles. The second kappa shape index (κ2) is 9.87. The van der Waals surface area contributed by atoms with Crippen LogP contribution < -0.4 is 5.32 Å². The highest BCUT2D eigenvalue weighted by atomic mass is 32.2. The summed E-state index contributed by atoms with van der Waals surface area (Å²) in [6.07, 6.45) is 0.785. The van der Waals surface area contributed by atoms with Crippen LogP contribution in [0, 0.1) is 0 Å². The number of sulfonamides is 1. The second-order valence-electron chi connectivity index (χ2n) is 7.33. The monoisotopic (exact) mass is 424 g/mol. The fourth-order valence-electron chi connectivity index (χ4n) is 3.53.